The van der Waals surface area contributed by atoms with Crippen LogP contribution >= 0.6 is 11.6 Å². The Morgan fingerprint density at radius 3 is 2.86 bits per heavy atom. The van der Waals surface area contributed by atoms with Crippen molar-refractivity contribution in [2.45, 2.75) is 26.2 Å². The Bertz CT molecular complexity index is 504. The number of benzene rings is 1. The average molecular weight is 328 g/mol. The number of hydrogen-bond acceptors (Lipinski definition) is 2. The number of halogens is 2. The van der Waals surface area contributed by atoms with Crippen LogP contribution in [0.15, 0.2) is 18.2 Å². The molecule has 2 amide bonds. The highest BCUT2D eigenvalue weighted by Gasteiger charge is 2.15. The van der Waals surface area contributed by atoms with Gasteiger partial charge in [0.25, 0.3) is 0 Å². The first kappa shape index (κ1) is 17.0. The van der Waals surface area contributed by atoms with Gasteiger partial charge in [-0.3, -0.25) is 0 Å². The first-order valence-corrected chi connectivity index (χ1v) is 8.15. The van der Waals surface area contributed by atoms with Crippen LogP contribution in [-0.4, -0.2) is 37.1 Å². The van der Waals surface area contributed by atoms with Crippen molar-refractivity contribution in [1.82, 2.24) is 10.2 Å². The van der Waals surface area contributed by atoms with Gasteiger partial charge in [0.1, 0.15) is 0 Å². The quantitative estimate of drug-likeness (QED) is 0.809. The minimum Gasteiger partial charge on any atom is -0.338 e. The fraction of sp³-hybridized carbons (Fsp3) is 0.562. The molecule has 0 bridgehead atoms. The second-order valence-electron chi connectivity index (χ2n) is 5.86. The van der Waals surface area contributed by atoms with E-state index < -0.39 is 11.8 Å². The molecular weight excluding hydrogens is 305 g/mol. The van der Waals surface area contributed by atoms with Gasteiger partial charge in [-0.25, -0.2) is 9.18 Å². The fourth-order valence-electron chi connectivity index (χ4n) is 2.56. The second kappa shape index (κ2) is 8.34. The number of anilines is 1. The van der Waals surface area contributed by atoms with E-state index in [4.69, 9.17) is 11.6 Å². The zero-order valence-corrected chi connectivity index (χ0v) is 13.6. The van der Waals surface area contributed by atoms with E-state index >= 15 is 0 Å². The Balaban J connectivity index is 1.65. The number of likely N-dealkylation sites (tertiary alicyclic amines) is 1. The third kappa shape index (κ3) is 5.14. The highest BCUT2D eigenvalue weighted by atomic mass is 35.5. The number of piperidine rings is 1. The lowest BCUT2D eigenvalue weighted by molar-refractivity contribution is 0.190. The lowest BCUT2D eigenvalue weighted by Gasteiger charge is -2.30. The molecule has 0 radical (unpaired) electrons. The Hall–Kier alpha value is -1.33. The minimum atomic E-state index is -0.609. The van der Waals surface area contributed by atoms with Crippen molar-refractivity contribution < 1.29 is 9.18 Å². The van der Waals surface area contributed by atoms with E-state index in [9.17, 15) is 9.18 Å². The summed E-state index contributed by atoms with van der Waals surface area (Å²) in [5.41, 5.74) is 0.0926. The predicted octanol–water partition coefficient (Wildman–Crippen LogP) is 3.72. The van der Waals surface area contributed by atoms with Crippen LogP contribution in [0, 0.1) is 11.7 Å². The number of rotatable bonds is 5. The smallest absolute Gasteiger partial charge is 0.319 e. The number of amides is 2. The van der Waals surface area contributed by atoms with Crippen molar-refractivity contribution in [3.63, 3.8) is 0 Å². The summed E-state index contributed by atoms with van der Waals surface area (Å²) in [5, 5.41) is 5.21. The third-order valence-electron chi connectivity index (χ3n) is 4.01. The van der Waals surface area contributed by atoms with Gasteiger partial charge in [0.15, 0.2) is 5.82 Å². The van der Waals surface area contributed by atoms with Crippen LogP contribution in [-0.2, 0) is 0 Å². The molecule has 0 aromatic heterocycles. The van der Waals surface area contributed by atoms with Crippen molar-refractivity contribution in [2.75, 3.05) is 31.5 Å². The highest BCUT2D eigenvalue weighted by Crippen LogP contribution is 2.21. The number of nitrogens with zero attached hydrogens (tertiary/aromatic N) is 1. The lowest BCUT2D eigenvalue weighted by Crippen LogP contribution is -2.36. The molecule has 0 saturated carbocycles. The molecule has 1 aliphatic rings. The topological polar surface area (TPSA) is 44.4 Å². The Morgan fingerprint density at radius 2 is 2.14 bits per heavy atom. The fourth-order valence-corrected chi connectivity index (χ4v) is 2.73. The molecule has 1 aromatic rings. The summed E-state index contributed by atoms with van der Waals surface area (Å²) in [7, 11) is 0. The van der Waals surface area contributed by atoms with Crippen molar-refractivity contribution in [3.8, 4) is 0 Å². The molecule has 2 N–H and O–H groups in total. The van der Waals surface area contributed by atoms with E-state index in [1.165, 1.54) is 25.0 Å². The molecule has 0 aliphatic carbocycles. The molecule has 0 unspecified atom stereocenters. The minimum absolute atomic E-state index is 0.00266. The molecule has 4 nitrogen and oxygen atoms in total. The SMILES string of the molecule is CC1CCN(CCCNC(=O)Nc2cccc(Cl)c2F)CC1. The van der Waals surface area contributed by atoms with E-state index in [2.05, 4.69) is 22.5 Å². The summed E-state index contributed by atoms with van der Waals surface area (Å²) in [5.74, 6) is 0.217. The Kier molecular flexibility index (Phi) is 6.46. The maximum Gasteiger partial charge on any atom is 0.319 e. The third-order valence-corrected chi connectivity index (χ3v) is 4.30. The number of nitrogens with one attached hydrogen (secondary N) is 2. The summed E-state index contributed by atoms with van der Waals surface area (Å²) in [4.78, 5) is 14.2. The van der Waals surface area contributed by atoms with Crippen LogP contribution in [0.1, 0.15) is 26.2 Å². The Labute approximate surface area is 136 Å². The molecule has 1 fully saturated rings. The molecular formula is C16H23ClFN3O. The summed E-state index contributed by atoms with van der Waals surface area (Å²) in [6.45, 7) is 6.12. The summed E-state index contributed by atoms with van der Waals surface area (Å²) < 4.78 is 13.6. The van der Waals surface area contributed by atoms with E-state index in [0.717, 1.165) is 32.0 Å². The van der Waals surface area contributed by atoms with Crippen LogP contribution in [0.25, 0.3) is 0 Å². The monoisotopic (exact) mass is 327 g/mol. The van der Waals surface area contributed by atoms with Gasteiger partial charge in [-0.05, 0) is 56.9 Å². The molecule has 6 heteroatoms. The molecule has 1 aromatic carbocycles. The van der Waals surface area contributed by atoms with E-state index in [1.807, 2.05) is 0 Å². The first-order chi connectivity index (χ1) is 10.6. The van der Waals surface area contributed by atoms with Gasteiger partial charge in [0.05, 0.1) is 10.7 Å². The molecule has 122 valence electrons. The molecule has 1 saturated heterocycles. The molecule has 0 atom stereocenters. The van der Waals surface area contributed by atoms with Gasteiger partial charge < -0.3 is 15.5 Å². The zero-order valence-electron chi connectivity index (χ0n) is 12.9. The normalized spacial score (nSPS) is 16.5. The van der Waals surface area contributed by atoms with E-state index in [0.29, 0.717) is 6.54 Å². The van der Waals surface area contributed by atoms with Gasteiger partial charge in [-0.1, -0.05) is 24.6 Å². The second-order valence-corrected chi connectivity index (χ2v) is 6.27. The van der Waals surface area contributed by atoms with Crippen LogP contribution in [0.4, 0.5) is 14.9 Å². The largest absolute Gasteiger partial charge is 0.338 e. The molecule has 22 heavy (non-hydrogen) atoms. The molecule has 2 rings (SSSR count). The Morgan fingerprint density at radius 1 is 1.41 bits per heavy atom. The standard InChI is InChI=1S/C16H23ClFN3O/c1-12-6-10-21(11-7-12)9-3-8-19-16(22)20-14-5-2-4-13(17)15(14)18/h2,4-5,12H,3,6-11H2,1H3,(H2,19,20,22). The van der Waals surface area contributed by atoms with Crippen molar-refractivity contribution in [2.24, 2.45) is 5.92 Å². The number of hydrogen-bond donors (Lipinski definition) is 2. The van der Waals surface area contributed by atoms with Crippen LogP contribution < -0.4 is 10.6 Å². The van der Waals surface area contributed by atoms with Gasteiger partial charge >= 0.3 is 6.03 Å². The van der Waals surface area contributed by atoms with Crippen LogP contribution in [0.2, 0.25) is 5.02 Å². The van der Waals surface area contributed by atoms with Crippen LogP contribution in [0.3, 0.4) is 0 Å². The molecule has 1 aliphatic heterocycles. The number of urea groups is 1. The first-order valence-electron chi connectivity index (χ1n) is 7.77. The van der Waals surface area contributed by atoms with E-state index in [-0.39, 0.29) is 10.7 Å². The summed E-state index contributed by atoms with van der Waals surface area (Å²) in [6, 6.07) is 4.11. The van der Waals surface area contributed by atoms with Gasteiger partial charge in [-0.15, -0.1) is 0 Å². The van der Waals surface area contributed by atoms with Crippen molar-refractivity contribution in [1.29, 1.82) is 0 Å². The molecule has 0 spiro atoms. The van der Waals surface area contributed by atoms with Gasteiger partial charge in [0, 0.05) is 6.54 Å². The zero-order chi connectivity index (χ0) is 15.9. The van der Waals surface area contributed by atoms with Crippen molar-refractivity contribution in [3.05, 3.63) is 29.0 Å². The predicted molar refractivity (Wildman–Crippen MR) is 87.9 cm³/mol. The summed E-state index contributed by atoms with van der Waals surface area (Å²) in [6.07, 6.45) is 3.39. The number of carbonyl (C=O) groups is 1. The van der Waals surface area contributed by atoms with Crippen LogP contribution in [0.5, 0.6) is 0 Å². The molecule has 1 heterocycles. The van der Waals surface area contributed by atoms with Crippen molar-refractivity contribution >= 4 is 23.3 Å². The summed E-state index contributed by atoms with van der Waals surface area (Å²) >= 11 is 5.67. The van der Waals surface area contributed by atoms with Gasteiger partial charge in [0.2, 0.25) is 0 Å². The maximum absolute atomic E-state index is 13.6. The van der Waals surface area contributed by atoms with E-state index in [1.54, 1.807) is 6.07 Å². The lowest BCUT2D eigenvalue weighted by atomic mass is 9.99. The maximum atomic E-state index is 13.6. The average Bonchev–Trinajstić information content (AvgIpc) is 2.50. The number of carbonyl (C=O) groups excluding carboxylic acids is 1. The van der Waals surface area contributed by atoms with Gasteiger partial charge in [-0.2, -0.15) is 0 Å². The highest BCUT2D eigenvalue weighted by molar-refractivity contribution is 6.31.